The summed E-state index contributed by atoms with van der Waals surface area (Å²) in [5, 5.41) is 5.84. The van der Waals surface area contributed by atoms with Gasteiger partial charge in [0.05, 0.1) is 0 Å². The number of rotatable bonds is 11. The van der Waals surface area contributed by atoms with Gasteiger partial charge in [0.15, 0.2) is 0 Å². The summed E-state index contributed by atoms with van der Waals surface area (Å²) in [6.07, 6.45) is 2.74. The number of ether oxygens (including phenoxy) is 1. The molecule has 190 valence electrons. The minimum Gasteiger partial charge on any atom is -0.444 e. The van der Waals surface area contributed by atoms with Crippen LogP contribution in [-0.2, 0) is 14.3 Å². The van der Waals surface area contributed by atoms with Crippen LogP contribution in [0.15, 0.2) is 30.3 Å². The summed E-state index contributed by atoms with van der Waals surface area (Å²) < 4.78 is 5.45. The van der Waals surface area contributed by atoms with Gasteiger partial charge in [-0.3, -0.25) is 9.59 Å². The largest absolute Gasteiger partial charge is 0.444 e. The van der Waals surface area contributed by atoms with Crippen molar-refractivity contribution in [3.63, 3.8) is 0 Å². The van der Waals surface area contributed by atoms with Gasteiger partial charge in [-0.25, -0.2) is 4.79 Å². The summed E-state index contributed by atoms with van der Waals surface area (Å²) >= 11 is 0. The minimum atomic E-state index is -0.790. The molecule has 0 bridgehead atoms. The van der Waals surface area contributed by atoms with E-state index in [9.17, 15) is 14.4 Å². The number of nitrogens with one attached hydrogen (secondary N) is 2. The number of unbranched alkanes of at least 4 members (excludes halogenated alkanes) is 1. The standard InChI is InChI=1S/C27H43N3O4/c1-8-10-16-28-24(31)23(20-14-12-11-13-15-20)30(21-17-19(21)4)25(32)22(18(3)9-2)29-26(33)34-27(5,6)7/h11-15,18-19,21-23H,8-10,16-17H2,1-7H3,(H,28,31)(H,29,33). The Labute approximate surface area is 205 Å². The maximum absolute atomic E-state index is 14.1. The molecule has 1 aromatic rings. The average molecular weight is 474 g/mol. The number of nitrogens with zero attached hydrogens (tertiary/aromatic N) is 1. The first-order valence-electron chi connectivity index (χ1n) is 12.6. The molecule has 1 aromatic carbocycles. The van der Waals surface area contributed by atoms with Gasteiger partial charge in [0.2, 0.25) is 11.8 Å². The molecule has 5 unspecified atom stereocenters. The van der Waals surface area contributed by atoms with Crippen LogP contribution in [0, 0.1) is 11.8 Å². The molecule has 0 saturated heterocycles. The highest BCUT2D eigenvalue weighted by Crippen LogP contribution is 2.41. The van der Waals surface area contributed by atoms with Gasteiger partial charge in [-0.15, -0.1) is 0 Å². The Morgan fingerprint density at radius 3 is 2.26 bits per heavy atom. The number of amides is 3. The maximum atomic E-state index is 14.1. The lowest BCUT2D eigenvalue weighted by Gasteiger charge is -2.36. The molecule has 1 aliphatic rings. The van der Waals surface area contributed by atoms with Crippen molar-refractivity contribution >= 4 is 17.9 Å². The van der Waals surface area contributed by atoms with Crippen LogP contribution in [0.1, 0.15) is 85.8 Å². The first kappa shape index (κ1) is 27.7. The molecule has 7 heteroatoms. The van der Waals surface area contributed by atoms with Gasteiger partial charge in [-0.2, -0.15) is 0 Å². The van der Waals surface area contributed by atoms with Crippen molar-refractivity contribution in [2.45, 2.75) is 97.9 Å². The molecule has 1 fully saturated rings. The Kier molecular flexibility index (Phi) is 9.95. The second-order valence-electron chi connectivity index (χ2n) is 10.5. The minimum absolute atomic E-state index is 0.0541. The van der Waals surface area contributed by atoms with Crippen LogP contribution < -0.4 is 10.6 Å². The Morgan fingerprint density at radius 2 is 1.76 bits per heavy atom. The van der Waals surface area contributed by atoms with Crippen molar-refractivity contribution in [2.24, 2.45) is 11.8 Å². The zero-order valence-corrected chi connectivity index (χ0v) is 21.9. The van der Waals surface area contributed by atoms with Gasteiger partial charge < -0.3 is 20.3 Å². The average Bonchev–Trinajstić information content (AvgIpc) is 3.49. The van der Waals surface area contributed by atoms with Crippen LogP contribution in [0.5, 0.6) is 0 Å². The Morgan fingerprint density at radius 1 is 1.15 bits per heavy atom. The predicted octanol–water partition coefficient (Wildman–Crippen LogP) is 4.82. The van der Waals surface area contributed by atoms with Gasteiger partial charge in [0, 0.05) is 12.6 Å². The first-order chi connectivity index (χ1) is 16.0. The fourth-order valence-electron chi connectivity index (χ4n) is 4.01. The zero-order valence-electron chi connectivity index (χ0n) is 21.9. The van der Waals surface area contributed by atoms with Crippen LogP contribution >= 0.6 is 0 Å². The monoisotopic (exact) mass is 473 g/mol. The number of hydrogen-bond donors (Lipinski definition) is 2. The predicted molar refractivity (Wildman–Crippen MR) is 134 cm³/mol. The van der Waals surface area contributed by atoms with Crippen molar-refractivity contribution in [1.29, 1.82) is 0 Å². The van der Waals surface area contributed by atoms with E-state index in [0.29, 0.717) is 13.0 Å². The number of carbonyl (C=O) groups is 3. The molecule has 34 heavy (non-hydrogen) atoms. The highest BCUT2D eigenvalue weighted by atomic mass is 16.6. The molecule has 1 saturated carbocycles. The molecule has 0 aromatic heterocycles. The second kappa shape index (κ2) is 12.2. The Balaban J connectivity index is 2.42. The van der Waals surface area contributed by atoms with Gasteiger partial charge >= 0.3 is 6.09 Å². The fraction of sp³-hybridized carbons (Fsp3) is 0.667. The molecule has 5 atom stereocenters. The summed E-state index contributed by atoms with van der Waals surface area (Å²) in [6.45, 7) is 14.0. The maximum Gasteiger partial charge on any atom is 0.408 e. The molecular weight excluding hydrogens is 430 g/mol. The first-order valence-corrected chi connectivity index (χ1v) is 12.6. The highest BCUT2D eigenvalue weighted by Gasteiger charge is 2.48. The van der Waals surface area contributed by atoms with E-state index in [2.05, 4.69) is 24.5 Å². The smallest absolute Gasteiger partial charge is 0.408 e. The summed E-state index contributed by atoms with van der Waals surface area (Å²) in [6, 6.07) is 7.83. The Bertz CT molecular complexity index is 821. The van der Waals surface area contributed by atoms with E-state index < -0.39 is 23.8 Å². The van der Waals surface area contributed by atoms with Crippen LogP contribution in [0.3, 0.4) is 0 Å². The summed E-state index contributed by atoms with van der Waals surface area (Å²) in [5.41, 5.74) is 0.0907. The molecule has 3 amide bonds. The van der Waals surface area contributed by atoms with Crippen molar-refractivity contribution in [1.82, 2.24) is 15.5 Å². The number of benzene rings is 1. The summed E-state index contributed by atoms with van der Waals surface area (Å²) in [4.78, 5) is 41.9. The molecule has 0 radical (unpaired) electrons. The van der Waals surface area contributed by atoms with E-state index in [0.717, 1.165) is 24.8 Å². The molecule has 0 heterocycles. The molecular formula is C27H43N3O4. The number of hydrogen-bond acceptors (Lipinski definition) is 4. The molecule has 1 aliphatic carbocycles. The highest BCUT2D eigenvalue weighted by molar-refractivity contribution is 5.92. The van der Waals surface area contributed by atoms with Crippen molar-refractivity contribution in [2.75, 3.05) is 6.54 Å². The third-order valence-electron chi connectivity index (χ3n) is 6.30. The number of carbonyl (C=O) groups excluding carboxylic acids is 3. The summed E-state index contributed by atoms with van der Waals surface area (Å²) in [5.74, 6) is -0.268. The molecule has 2 N–H and O–H groups in total. The van der Waals surface area contributed by atoms with Crippen LogP contribution in [-0.4, -0.2) is 47.0 Å². The van der Waals surface area contributed by atoms with E-state index in [1.54, 1.807) is 25.7 Å². The SMILES string of the molecule is CCCCNC(=O)C(c1ccccc1)N(C(=O)C(NC(=O)OC(C)(C)C)C(C)CC)C1CC1C. The van der Waals surface area contributed by atoms with E-state index in [4.69, 9.17) is 4.74 Å². The van der Waals surface area contributed by atoms with Gasteiger partial charge in [-0.1, -0.05) is 70.9 Å². The van der Waals surface area contributed by atoms with Crippen molar-refractivity contribution in [3.8, 4) is 0 Å². The second-order valence-corrected chi connectivity index (χ2v) is 10.5. The van der Waals surface area contributed by atoms with E-state index >= 15 is 0 Å². The van der Waals surface area contributed by atoms with Crippen molar-refractivity contribution in [3.05, 3.63) is 35.9 Å². The van der Waals surface area contributed by atoms with E-state index in [1.807, 2.05) is 44.2 Å². The zero-order chi connectivity index (χ0) is 25.5. The third kappa shape index (κ3) is 7.74. The normalized spacial score (nSPS) is 20.0. The topological polar surface area (TPSA) is 87.7 Å². The lowest BCUT2D eigenvalue weighted by atomic mass is 9.95. The van der Waals surface area contributed by atoms with Gasteiger partial charge in [-0.05, 0) is 51.0 Å². The van der Waals surface area contributed by atoms with Crippen molar-refractivity contribution < 1.29 is 19.1 Å². The molecule has 0 aliphatic heterocycles. The third-order valence-corrected chi connectivity index (χ3v) is 6.30. The van der Waals surface area contributed by atoms with Crippen LogP contribution in [0.2, 0.25) is 0 Å². The molecule has 0 spiro atoms. The van der Waals surface area contributed by atoms with Gasteiger partial charge in [0.25, 0.3) is 0 Å². The van der Waals surface area contributed by atoms with E-state index in [1.165, 1.54) is 0 Å². The lowest BCUT2D eigenvalue weighted by molar-refractivity contribution is -0.144. The Hall–Kier alpha value is -2.57. The van der Waals surface area contributed by atoms with Crippen LogP contribution in [0.4, 0.5) is 4.79 Å². The fourth-order valence-corrected chi connectivity index (χ4v) is 4.01. The van der Waals surface area contributed by atoms with E-state index in [-0.39, 0.29) is 29.7 Å². The van der Waals surface area contributed by atoms with Crippen LogP contribution in [0.25, 0.3) is 0 Å². The van der Waals surface area contributed by atoms with Gasteiger partial charge in [0.1, 0.15) is 17.7 Å². The lowest BCUT2D eigenvalue weighted by Crippen LogP contribution is -2.56. The number of alkyl carbamates (subject to hydrolysis) is 1. The molecule has 7 nitrogen and oxygen atoms in total. The quantitative estimate of drug-likeness (QED) is 0.451. The molecule has 2 rings (SSSR count). The summed E-state index contributed by atoms with van der Waals surface area (Å²) in [7, 11) is 0.